The Morgan fingerprint density at radius 1 is 1.12 bits per heavy atom. The van der Waals surface area contributed by atoms with Gasteiger partial charge in [-0.15, -0.1) is 6.58 Å². The summed E-state index contributed by atoms with van der Waals surface area (Å²) in [5.74, 6) is 0.827. The van der Waals surface area contributed by atoms with E-state index in [0.29, 0.717) is 0 Å². The lowest BCUT2D eigenvalue weighted by molar-refractivity contribution is 1.08. The lowest BCUT2D eigenvalue weighted by Gasteiger charge is -1.99. The van der Waals surface area contributed by atoms with E-state index in [4.69, 9.17) is 0 Å². The van der Waals surface area contributed by atoms with E-state index in [1.165, 1.54) is 0 Å². The third-order valence-corrected chi connectivity index (χ3v) is 4.10. The number of benzene rings is 1. The zero-order valence-corrected chi connectivity index (χ0v) is 15.2. The van der Waals surface area contributed by atoms with Crippen LogP contribution in [-0.4, -0.2) is 25.1 Å². The minimum absolute atomic E-state index is 0.827. The van der Waals surface area contributed by atoms with Crippen LogP contribution in [0.5, 0.6) is 0 Å². The molecular weight excluding hydrogens is 322 g/mol. The molecule has 0 aliphatic rings. The number of aromatic amines is 2. The van der Waals surface area contributed by atoms with Gasteiger partial charge in [0.15, 0.2) is 5.82 Å². The van der Waals surface area contributed by atoms with Crippen LogP contribution in [0.4, 0.5) is 0 Å². The van der Waals surface area contributed by atoms with Crippen molar-refractivity contribution in [3.63, 3.8) is 0 Å². The molecule has 5 heteroatoms. The van der Waals surface area contributed by atoms with Gasteiger partial charge in [-0.3, -0.25) is 10.1 Å². The molecular formula is C21H23N5. The highest BCUT2D eigenvalue weighted by atomic mass is 15.1. The molecule has 5 nitrogen and oxygen atoms in total. The minimum Gasteiger partial charge on any atom is -0.337 e. The quantitative estimate of drug-likeness (QED) is 0.502. The van der Waals surface area contributed by atoms with Crippen molar-refractivity contribution in [3.05, 3.63) is 67.1 Å². The first-order valence-corrected chi connectivity index (χ1v) is 8.80. The number of hydrogen-bond donors (Lipinski definition) is 2. The summed E-state index contributed by atoms with van der Waals surface area (Å²) < 4.78 is 0. The smallest absolute Gasteiger partial charge is 0.156 e. The first-order chi connectivity index (χ1) is 12.8. The van der Waals surface area contributed by atoms with Gasteiger partial charge in [-0.1, -0.05) is 32.1 Å². The first kappa shape index (κ1) is 17.6. The van der Waals surface area contributed by atoms with E-state index in [0.717, 1.165) is 52.1 Å². The summed E-state index contributed by atoms with van der Waals surface area (Å²) in [6.45, 7) is 7.65. The van der Waals surface area contributed by atoms with Gasteiger partial charge < -0.3 is 4.98 Å². The molecule has 0 atom stereocenters. The molecule has 0 saturated carbocycles. The number of rotatable bonds is 4. The van der Waals surface area contributed by atoms with Crippen molar-refractivity contribution < 1.29 is 0 Å². The molecule has 26 heavy (non-hydrogen) atoms. The molecule has 0 fully saturated rings. The number of allylic oxidation sites excluding steroid dienone is 1. The number of aryl methyl sites for hydroxylation is 1. The largest absolute Gasteiger partial charge is 0.337 e. The zero-order valence-electron chi connectivity index (χ0n) is 15.2. The van der Waals surface area contributed by atoms with Gasteiger partial charge in [-0.2, -0.15) is 5.10 Å². The standard InChI is InChI=1S/C17H15N5.C4H8/c1-2-11-10-19-22-16(11)17-20-14-6-5-12(8-15(14)21-17)13-4-3-7-18-9-13;1-3-4-2/h3-10H,2H2,1H3,(H,19,22)(H,20,21);3H,1,4H2,2H3. The maximum atomic E-state index is 4.66. The average Bonchev–Trinajstić information content (AvgIpc) is 3.34. The van der Waals surface area contributed by atoms with E-state index < -0.39 is 0 Å². The molecule has 0 amide bonds. The van der Waals surface area contributed by atoms with Crippen LogP contribution < -0.4 is 0 Å². The van der Waals surface area contributed by atoms with E-state index in [-0.39, 0.29) is 0 Å². The topological polar surface area (TPSA) is 70.2 Å². The second-order valence-electron chi connectivity index (χ2n) is 5.88. The molecule has 0 unspecified atom stereocenters. The Morgan fingerprint density at radius 3 is 2.65 bits per heavy atom. The molecule has 2 N–H and O–H groups in total. The van der Waals surface area contributed by atoms with Gasteiger partial charge in [0.1, 0.15) is 5.69 Å². The molecule has 0 spiro atoms. The normalized spacial score (nSPS) is 10.4. The number of imidazole rings is 1. The molecule has 0 aliphatic heterocycles. The van der Waals surface area contributed by atoms with Gasteiger partial charge in [-0.25, -0.2) is 4.98 Å². The highest BCUT2D eigenvalue weighted by Crippen LogP contribution is 2.26. The molecule has 0 bridgehead atoms. The Hall–Kier alpha value is -3.21. The number of hydrogen-bond acceptors (Lipinski definition) is 3. The minimum atomic E-state index is 0.827. The second kappa shape index (κ2) is 8.25. The second-order valence-corrected chi connectivity index (χ2v) is 5.88. The van der Waals surface area contributed by atoms with Crippen LogP contribution in [0.15, 0.2) is 61.6 Å². The summed E-state index contributed by atoms with van der Waals surface area (Å²) in [6, 6.07) is 10.2. The maximum Gasteiger partial charge on any atom is 0.156 e. The van der Waals surface area contributed by atoms with Crippen molar-refractivity contribution in [2.24, 2.45) is 0 Å². The number of aromatic nitrogens is 5. The van der Waals surface area contributed by atoms with Crippen molar-refractivity contribution in [2.45, 2.75) is 26.7 Å². The van der Waals surface area contributed by atoms with Crippen molar-refractivity contribution in [1.29, 1.82) is 0 Å². The molecule has 0 saturated heterocycles. The number of nitrogens with zero attached hydrogens (tertiary/aromatic N) is 3. The number of fused-ring (bicyclic) bond motifs is 1. The Balaban J connectivity index is 0.000000447. The fraction of sp³-hybridized carbons (Fsp3) is 0.190. The van der Waals surface area contributed by atoms with Gasteiger partial charge in [0.05, 0.1) is 17.2 Å². The fourth-order valence-electron chi connectivity index (χ4n) is 2.63. The van der Waals surface area contributed by atoms with Crippen molar-refractivity contribution in [1.82, 2.24) is 25.1 Å². The fourth-order valence-corrected chi connectivity index (χ4v) is 2.63. The summed E-state index contributed by atoms with van der Waals surface area (Å²) in [4.78, 5) is 12.2. The molecule has 3 aromatic heterocycles. The number of H-pyrrole nitrogens is 2. The number of nitrogens with one attached hydrogen (secondary N) is 2. The van der Waals surface area contributed by atoms with Gasteiger partial charge >= 0.3 is 0 Å². The van der Waals surface area contributed by atoms with Crippen molar-refractivity contribution >= 4 is 11.0 Å². The number of pyridine rings is 1. The Morgan fingerprint density at radius 2 is 1.96 bits per heavy atom. The summed E-state index contributed by atoms with van der Waals surface area (Å²) >= 11 is 0. The van der Waals surface area contributed by atoms with Crippen LogP contribution in [0.1, 0.15) is 25.8 Å². The Labute approximate surface area is 153 Å². The molecule has 0 radical (unpaired) electrons. The van der Waals surface area contributed by atoms with Gasteiger partial charge in [-0.05, 0) is 36.6 Å². The maximum absolute atomic E-state index is 4.66. The third-order valence-electron chi connectivity index (χ3n) is 4.10. The predicted molar refractivity (Wildman–Crippen MR) is 107 cm³/mol. The molecule has 4 rings (SSSR count). The molecule has 3 heterocycles. The zero-order chi connectivity index (χ0) is 18.4. The highest BCUT2D eigenvalue weighted by molar-refractivity contribution is 5.84. The summed E-state index contributed by atoms with van der Waals surface area (Å²) in [7, 11) is 0. The Kier molecular flexibility index (Phi) is 5.59. The molecule has 132 valence electrons. The first-order valence-electron chi connectivity index (χ1n) is 8.80. The van der Waals surface area contributed by atoms with Crippen LogP contribution in [0.25, 0.3) is 33.7 Å². The van der Waals surface area contributed by atoms with Gasteiger partial charge in [0, 0.05) is 23.5 Å². The van der Waals surface area contributed by atoms with Crippen LogP contribution in [0.2, 0.25) is 0 Å². The van der Waals surface area contributed by atoms with Crippen LogP contribution in [-0.2, 0) is 6.42 Å². The van der Waals surface area contributed by atoms with E-state index in [9.17, 15) is 0 Å². The van der Waals surface area contributed by atoms with Crippen LogP contribution in [0, 0.1) is 0 Å². The third kappa shape index (κ3) is 3.72. The lowest BCUT2D eigenvalue weighted by atomic mass is 10.1. The average molecular weight is 345 g/mol. The SMILES string of the molecule is C=CCC.CCc1cn[nH]c1-c1nc2ccc(-c3cccnc3)cc2[nH]1. The summed E-state index contributed by atoms with van der Waals surface area (Å²) in [5, 5.41) is 7.14. The molecule has 1 aromatic carbocycles. The van der Waals surface area contributed by atoms with Gasteiger partial charge in [0.25, 0.3) is 0 Å². The van der Waals surface area contributed by atoms with Gasteiger partial charge in [0.2, 0.25) is 0 Å². The highest BCUT2D eigenvalue weighted by Gasteiger charge is 2.11. The van der Waals surface area contributed by atoms with E-state index in [1.54, 1.807) is 6.20 Å². The van der Waals surface area contributed by atoms with E-state index >= 15 is 0 Å². The van der Waals surface area contributed by atoms with Crippen molar-refractivity contribution in [2.75, 3.05) is 0 Å². The predicted octanol–water partition coefficient (Wildman–Crippen LogP) is 5.16. The van der Waals surface area contributed by atoms with Crippen LogP contribution >= 0.6 is 0 Å². The lowest BCUT2D eigenvalue weighted by Crippen LogP contribution is -1.86. The molecule has 0 aliphatic carbocycles. The van der Waals surface area contributed by atoms with Crippen molar-refractivity contribution in [3.8, 4) is 22.6 Å². The monoisotopic (exact) mass is 345 g/mol. The van der Waals surface area contributed by atoms with E-state index in [2.05, 4.69) is 63.8 Å². The summed E-state index contributed by atoms with van der Waals surface area (Å²) in [6.07, 6.45) is 9.37. The Bertz CT molecular complexity index is 982. The summed E-state index contributed by atoms with van der Waals surface area (Å²) in [5.41, 5.74) is 6.29. The van der Waals surface area contributed by atoms with E-state index in [1.807, 2.05) is 30.6 Å². The molecule has 4 aromatic rings. The van der Waals surface area contributed by atoms with Crippen LogP contribution in [0.3, 0.4) is 0 Å².